The maximum atomic E-state index is 15.4. The van der Waals surface area contributed by atoms with Crippen molar-refractivity contribution < 1.29 is 17.9 Å². The van der Waals surface area contributed by atoms with E-state index >= 15 is 13.2 Å². The molecule has 38 heavy (non-hydrogen) atoms. The number of alkyl halides is 2. The fourth-order valence-corrected chi connectivity index (χ4v) is 5.11. The first kappa shape index (κ1) is 28.1. The lowest BCUT2D eigenvalue weighted by molar-refractivity contribution is -0.0811. The lowest BCUT2D eigenvalue weighted by Crippen LogP contribution is -2.30. The molecule has 3 aromatic rings. The Bertz CT molecular complexity index is 1160. The van der Waals surface area contributed by atoms with Crippen LogP contribution in [0.5, 0.6) is 5.75 Å². The van der Waals surface area contributed by atoms with Gasteiger partial charge in [0.25, 0.3) is 0 Å². The van der Waals surface area contributed by atoms with E-state index in [1.165, 1.54) is 49.8 Å². The second-order valence-electron chi connectivity index (χ2n) is 10.4. The number of aryl methyl sites for hydroxylation is 1. The largest absolute Gasteiger partial charge is 0.483 e. The highest BCUT2D eigenvalue weighted by Crippen LogP contribution is 2.50. The van der Waals surface area contributed by atoms with Crippen molar-refractivity contribution in [1.29, 1.82) is 0 Å². The van der Waals surface area contributed by atoms with Crippen LogP contribution in [-0.2, 0) is 12.3 Å². The van der Waals surface area contributed by atoms with Gasteiger partial charge < -0.3 is 4.74 Å². The van der Waals surface area contributed by atoms with E-state index in [0.29, 0.717) is 6.42 Å². The maximum absolute atomic E-state index is 15.4. The van der Waals surface area contributed by atoms with Gasteiger partial charge in [0, 0.05) is 18.0 Å². The van der Waals surface area contributed by atoms with Crippen molar-refractivity contribution in [3.05, 3.63) is 65.7 Å². The van der Waals surface area contributed by atoms with Crippen molar-refractivity contribution in [2.45, 2.75) is 103 Å². The predicted molar refractivity (Wildman–Crippen MR) is 147 cm³/mol. The van der Waals surface area contributed by atoms with E-state index in [2.05, 4.69) is 35.9 Å². The van der Waals surface area contributed by atoms with Gasteiger partial charge in [-0.05, 0) is 48.9 Å². The Hall–Kier alpha value is -2.89. The molecule has 1 unspecified atom stereocenters. The summed E-state index contributed by atoms with van der Waals surface area (Å²) < 4.78 is 51.3. The first-order chi connectivity index (χ1) is 18.5. The van der Waals surface area contributed by atoms with Crippen molar-refractivity contribution in [1.82, 2.24) is 9.97 Å². The normalized spacial score (nSPS) is 15.9. The van der Waals surface area contributed by atoms with Gasteiger partial charge in [-0.2, -0.15) is 8.78 Å². The number of aromatic nitrogens is 2. The summed E-state index contributed by atoms with van der Waals surface area (Å²) in [6.07, 6.45) is 14.1. The van der Waals surface area contributed by atoms with Gasteiger partial charge in [-0.15, -0.1) is 0 Å². The highest BCUT2D eigenvalue weighted by Gasteiger charge is 2.53. The number of hydrogen-bond donors (Lipinski definition) is 0. The third kappa shape index (κ3) is 6.57. The van der Waals surface area contributed by atoms with Crippen molar-refractivity contribution in [2.75, 3.05) is 0 Å². The third-order valence-corrected chi connectivity index (χ3v) is 7.43. The van der Waals surface area contributed by atoms with Crippen LogP contribution in [0.4, 0.5) is 13.2 Å². The molecule has 4 rings (SSSR count). The molecule has 0 spiro atoms. The van der Waals surface area contributed by atoms with Gasteiger partial charge in [-0.1, -0.05) is 89.5 Å². The van der Waals surface area contributed by atoms with Crippen molar-refractivity contribution >= 4 is 0 Å². The van der Waals surface area contributed by atoms with E-state index in [4.69, 9.17) is 4.74 Å². The summed E-state index contributed by atoms with van der Waals surface area (Å²) in [4.78, 5) is 8.64. The van der Waals surface area contributed by atoms with Gasteiger partial charge in [0.15, 0.2) is 11.9 Å². The number of rotatable bonds is 14. The molecule has 2 aromatic carbocycles. The monoisotopic (exact) mass is 524 g/mol. The molecule has 1 aliphatic rings. The molecule has 3 nitrogen and oxygen atoms in total. The Morgan fingerprint density at radius 1 is 0.763 bits per heavy atom. The molecule has 0 aliphatic carbocycles. The third-order valence-electron chi connectivity index (χ3n) is 7.43. The van der Waals surface area contributed by atoms with Crippen LogP contribution in [0.3, 0.4) is 0 Å². The lowest BCUT2D eigenvalue weighted by atomic mass is 9.98. The van der Waals surface area contributed by atoms with Gasteiger partial charge in [-0.3, -0.25) is 0 Å². The summed E-state index contributed by atoms with van der Waals surface area (Å²) in [5.41, 5.74) is 2.33. The minimum Gasteiger partial charge on any atom is -0.483 e. The molecular formula is C32H39F3N2O. The first-order valence-corrected chi connectivity index (χ1v) is 14.2. The van der Waals surface area contributed by atoms with Gasteiger partial charge in [0.05, 0.1) is 5.56 Å². The lowest BCUT2D eigenvalue weighted by Gasteiger charge is -2.18. The SMILES string of the molecule is CCCCCCCc1ccc(-c2cnc(-c3ccc4c(c3F)C(F)(F)C(CCCCCCC)O4)nc2)cc1. The molecule has 0 amide bonds. The zero-order chi connectivity index (χ0) is 27.0. The van der Waals surface area contributed by atoms with Crippen molar-refractivity contribution in [2.24, 2.45) is 0 Å². The summed E-state index contributed by atoms with van der Waals surface area (Å²) in [6.45, 7) is 4.33. The minimum atomic E-state index is -3.39. The van der Waals surface area contributed by atoms with Gasteiger partial charge in [0.1, 0.15) is 17.1 Å². The molecule has 2 heterocycles. The standard InChI is InChI=1S/C32H39F3N2O/c1-3-5-7-9-11-13-23-15-17-24(18-16-23)25-21-36-31(37-22-25)26-19-20-27-29(30(26)33)32(34,35)28(38-27)14-12-10-8-6-4-2/h15-22,28H,3-14H2,1-2H3. The zero-order valence-corrected chi connectivity index (χ0v) is 22.6. The van der Waals surface area contributed by atoms with E-state index in [9.17, 15) is 0 Å². The smallest absolute Gasteiger partial charge is 0.315 e. The Kier molecular flexibility index (Phi) is 9.81. The second-order valence-corrected chi connectivity index (χ2v) is 10.4. The molecule has 1 aliphatic heterocycles. The first-order valence-electron chi connectivity index (χ1n) is 14.2. The molecular weight excluding hydrogens is 485 g/mol. The number of ether oxygens (including phenoxy) is 1. The maximum Gasteiger partial charge on any atom is 0.315 e. The van der Waals surface area contributed by atoms with E-state index in [1.807, 2.05) is 12.1 Å². The summed E-state index contributed by atoms with van der Waals surface area (Å²) >= 11 is 0. The van der Waals surface area contributed by atoms with Gasteiger partial charge in [0.2, 0.25) is 0 Å². The summed E-state index contributed by atoms with van der Waals surface area (Å²) in [5, 5.41) is 0. The molecule has 1 atom stereocenters. The molecule has 0 N–H and O–H groups in total. The number of fused-ring (bicyclic) bond motifs is 1. The highest BCUT2D eigenvalue weighted by molar-refractivity contribution is 5.66. The summed E-state index contributed by atoms with van der Waals surface area (Å²) in [7, 11) is 0. The fourth-order valence-electron chi connectivity index (χ4n) is 5.11. The number of hydrogen-bond acceptors (Lipinski definition) is 3. The van der Waals surface area contributed by atoms with Crippen LogP contribution in [0.15, 0.2) is 48.8 Å². The van der Waals surface area contributed by atoms with E-state index in [-0.39, 0.29) is 23.6 Å². The van der Waals surface area contributed by atoms with Crippen LogP contribution < -0.4 is 4.74 Å². The van der Waals surface area contributed by atoms with E-state index in [1.54, 1.807) is 12.4 Å². The van der Waals surface area contributed by atoms with E-state index in [0.717, 1.165) is 43.2 Å². The number of unbranched alkanes of at least 4 members (excludes halogenated alkanes) is 8. The van der Waals surface area contributed by atoms with Crippen LogP contribution in [0, 0.1) is 5.82 Å². The van der Waals surface area contributed by atoms with Crippen LogP contribution in [0.1, 0.15) is 95.6 Å². The Morgan fingerprint density at radius 3 is 2.05 bits per heavy atom. The van der Waals surface area contributed by atoms with Gasteiger partial charge in [-0.25, -0.2) is 14.4 Å². The van der Waals surface area contributed by atoms with Crippen LogP contribution in [-0.4, -0.2) is 16.1 Å². The average Bonchev–Trinajstić information content (AvgIpc) is 3.19. The molecule has 0 saturated carbocycles. The molecule has 1 aromatic heterocycles. The topological polar surface area (TPSA) is 35.0 Å². The summed E-state index contributed by atoms with van der Waals surface area (Å²) in [5.74, 6) is -4.40. The van der Waals surface area contributed by atoms with E-state index < -0.39 is 23.4 Å². The molecule has 204 valence electrons. The molecule has 6 heteroatoms. The molecule has 0 saturated heterocycles. The van der Waals surface area contributed by atoms with Crippen LogP contribution in [0.25, 0.3) is 22.5 Å². The number of halogens is 3. The Labute approximate surface area is 224 Å². The number of nitrogens with zero attached hydrogens (tertiary/aromatic N) is 2. The summed E-state index contributed by atoms with van der Waals surface area (Å²) in [6, 6.07) is 11.2. The quantitative estimate of drug-likeness (QED) is 0.197. The van der Waals surface area contributed by atoms with Crippen molar-refractivity contribution in [3.63, 3.8) is 0 Å². The molecule has 0 radical (unpaired) electrons. The fraction of sp³-hybridized carbons (Fsp3) is 0.500. The molecule has 0 fully saturated rings. The average molecular weight is 525 g/mol. The predicted octanol–water partition coefficient (Wildman–Crippen LogP) is 9.68. The number of benzene rings is 2. The van der Waals surface area contributed by atoms with Gasteiger partial charge >= 0.3 is 5.92 Å². The second kappa shape index (κ2) is 13.3. The minimum absolute atomic E-state index is 0.0411. The van der Waals surface area contributed by atoms with Crippen LogP contribution >= 0.6 is 0 Å². The molecule has 0 bridgehead atoms. The van der Waals surface area contributed by atoms with Crippen molar-refractivity contribution in [3.8, 4) is 28.3 Å². The Morgan fingerprint density at radius 2 is 1.39 bits per heavy atom. The van der Waals surface area contributed by atoms with Crippen LogP contribution in [0.2, 0.25) is 0 Å². The zero-order valence-electron chi connectivity index (χ0n) is 22.6. The highest BCUT2D eigenvalue weighted by atomic mass is 19.3. The Balaban J connectivity index is 1.42.